The largest absolute Gasteiger partial charge is 0.341 e. The van der Waals surface area contributed by atoms with Gasteiger partial charge in [0.15, 0.2) is 0 Å². The molecule has 0 fully saturated rings. The van der Waals surface area contributed by atoms with Gasteiger partial charge in [0, 0.05) is 13.2 Å². The van der Waals surface area contributed by atoms with Crippen LogP contribution < -0.4 is 10.6 Å². The molecule has 0 saturated heterocycles. The van der Waals surface area contributed by atoms with Crippen molar-refractivity contribution in [2.75, 3.05) is 12.4 Å². The van der Waals surface area contributed by atoms with Crippen molar-refractivity contribution in [1.82, 2.24) is 10.3 Å². The number of anilines is 1. The fourth-order valence-corrected chi connectivity index (χ4v) is 1.05. The Morgan fingerprint density at radius 2 is 2.31 bits per heavy atom. The number of nitrogens with one attached hydrogen (secondary N) is 2. The molecule has 1 aromatic heterocycles. The van der Waals surface area contributed by atoms with Crippen LogP contribution in [0.15, 0.2) is 12.3 Å². The molecule has 5 heteroatoms. The van der Waals surface area contributed by atoms with Crippen molar-refractivity contribution in [2.24, 2.45) is 0 Å². The minimum atomic E-state index is -0.294. The second kappa shape index (κ2) is 4.09. The maximum atomic E-state index is 10.9. The number of pyridine rings is 1. The number of nitrogens with zero attached hydrogens (tertiary/aromatic N) is 1. The third-order valence-corrected chi connectivity index (χ3v) is 1.71. The Morgan fingerprint density at radius 3 is 2.85 bits per heavy atom. The summed E-state index contributed by atoms with van der Waals surface area (Å²) in [7, 11) is 1.54. The molecular formula is C8H10ClN3O. The van der Waals surface area contributed by atoms with Gasteiger partial charge in [0.2, 0.25) is 0 Å². The number of carbonyl (C=O) groups excluding carboxylic acids is 1. The Balaban J connectivity index is 2.83. The quantitative estimate of drug-likeness (QED) is 0.725. The average molecular weight is 200 g/mol. The average Bonchev–Trinajstić information content (AvgIpc) is 2.09. The molecule has 2 amide bonds. The van der Waals surface area contributed by atoms with E-state index in [9.17, 15) is 4.79 Å². The molecule has 2 N–H and O–H groups in total. The maximum absolute atomic E-state index is 10.9. The molecule has 4 nitrogen and oxygen atoms in total. The summed E-state index contributed by atoms with van der Waals surface area (Å²) < 4.78 is 0. The smallest absolute Gasteiger partial charge is 0.320 e. The number of hydrogen-bond acceptors (Lipinski definition) is 2. The fourth-order valence-electron chi connectivity index (χ4n) is 0.841. The first-order valence-electron chi connectivity index (χ1n) is 3.74. The van der Waals surface area contributed by atoms with Crippen LogP contribution in [0.25, 0.3) is 0 Å². The van der Waals surface area contributed by atoms with Crippen molar-refractivity contribution in [3.63, 3.8) is 0 Å². The van der Waals surface area contributed by atoms with Gasteiger partial charge >= 0.3 is 6.03 Å². The lowest BCUT2D eigenvalue weighted by molar-refractivity contribution is 0.254. The summed E-state index contributed by atoms with van der Waals surface area (Å²) >= 11 is 5.70. The van der Waals surface area contributed by atoms with E-state index < -0.39 is 0 Å². The second-order valence-electron chi connectivity index (χ2n) is 2.52. The number of aryl methyl sites for hydroxylation is 1. The third kappa shape index (κ3) is 2.59. The molecule has 0 aliphatic rings. The van der Waals surface area contributed by atoms with Crippen molar-refractivity contribution < 1.29 is 4.79 Å². The van der Waals surface area contributed by atoms with Crippen LogP contribution in [0.1, 0.15) is 5.56 Å². The van der Waals surface area contributed by atoms with Gasteiger partial charge in [-0.1, -0.05) is 11.6 Å². The first-order valence-corrected chi connectivity index (χ1v) is 4.12. The molecule has 0 radical (unpaired) electrons. The van der Waals surface area contributed by atoms with Gasteiger partial charge in [0.05, 0.1) is 5.02 Å². The van der Waals surface area contributed by atoms with Crippen molar-refractivity contribution >= 4 is 23.4 Å². The zero-order valence-corrected chi connectivity index (χ0v) is 8.14. The van der Waals surface area contributed by atoms with Crippen LogP contribution in [0.5, 0.6) is 0 Å². The Kier molecular flexibility index (Phi) is 3.08. The topological polar surface area (TPSA) is 54.0 Å². The molecule has 1 aromatic rings. The summed E-state index contributed by atoms with van der Waals surface area (Å²) in [4.78, 5) is 14.9. The van der Waals surface area contributed by atoms with Crippen LogP contribution >= 0.6 is 11.6 Å². The van der Waals surface area contributed by atoms with E-state index in [0.29, 0.717) is 10.8 Å². The van der Waals surface area contributed by atoms with Gasteiger partial charge in [-0.25, -0.2) is 9.78 Å². The summed E-state index contributed by atoms with van der Waals surface area (Å²) in [5.41, 5.74) is 0.830. The molecule has 0 atom stereocenters. The van der Waals surface area contributed by atoms with Crippen LogP contribution in [0, 0.1) is 6.92 Å². The van der Waals surface area contributed by atoms with E-state index >= 15 is 0 Å². The highest BCUT2D eigenvalue weighted by Gasteiger charge is 2.03. The molecule has 0 aromatic carbocycles. The predicted octanol–water partition coefficient (Wildman–Crippen LogP) is 1.79. The highest BCUT2D eigenvalue weighted by atomic mass is 35.5. The Morgan fingerprint density at radius 1 is 1.62 bits per heavy atom. The van der Waals surface area contributed by atoms with Crippen molar-refractivity contribution in [2.45, 2.75) is 6.92 Å². The summed E-state index contributed by atoms with van der Waals surface area (Å²) in [6.45, 7) is 1.82. The number of aromatic nitrogens is 1. The molecule has 0 aliphatic heterocycles. The van der Waals surface area contributed by atoms with Crippen molar-refractivity contribution in [3.8, 4) is 0 Å². The maximum Gasteiger partial charge on any atom is 0.320 e. The van der Waals surface area contributed by atoms with E-state index in [4.69, 9.17) is 11.6 Å². The molecule has 0 unspecified atom stereocenters. The minimum Gasteiger partial charge on any atom is -0.341 e. The highest BCUT2D eigenvalue weighted by molar-refractivity contribution is 6.30. The Bertz CT molecular complexity index is 327. The molecule has 0 spiro atoms. The molecule has 70 valence electrons. The lowest BCUT2D eigenvalue weighted by Crippen LogP contribution is -2.25. The van der Waals surface area contributed by atoms with E-state index in [0.717, 1.165) is 5.56 Å². The standard InChI is InChI=1S/C8H10ClN3O/c1-5-3-6(9)4-11-7(5)12-8(13)10-2/h3-4H,1-2H3,(H2,10,11,12,13). The third-order valence-electron chi connectivity index (χ3n) is 1.50. The van der Waals surface area contributed by atoms with Gasteiger partial charge in [-0.15, -0.1) is 0 Å². The van der Waals surface area contributed by atoms with Gasteiger partial charge in [0.1, 0.15) is 5.82 Å². The summed E-state index contributed by atoms with van der Waals surface area (Å²) in [6, 6.07) is 1.44. The summed E-state index contributed by atoms with van der Waals surface area (Å²) in [6.07, 6.45) is 1.49. The van der Waals surface area contributed by atoms with Crippen LogP contribution in [0.2, 0.25) is 5.02 Å². The van der Waals surface area contributed by atoms with Crippen LogP contribution in [0.3, 0.4) is 0 Å². The molecular weight excluding hydrogens is 190 g/mol. The zero-order valence-electron chi connectivity index (χ0n) is 7.39. The van der Waals surface area contributed by atoms with E-state index in [-0.39, 0.29) is 6.03 Å². The van der Waals surface area contributed by atoms with Crippen LogP contribution in [-0.2, 0) is 0 Å². The van der Waals surface area contributed by atoms with E-state index in [1.54, 1.807) is 13.1 Å². The zero-order chi connectivity index (χ0) is 9.84. The summed E-state index contributed by atoms with van der Waals surface area (Å²) in [5.74, 6) is 0.517. The number of urea groups is 1. The second-order valence-corrected chi connectivity index (χ2v) is 2.96. The van der Waals surface area contributed by atoms with Crippen LogP contribution in [-0.4, -0.2) is 18.1 Å². The number of rotatable bonds is 1. The first kappa shape index (κ1) is 9.80. The normalized spacial score (nSPS) is 9.46. The molecule has 0 saturated carbocycles. The number of amides is 2. The van der Waals surface area contributed by atoms with Gasteiger partial charge < -0.3 is 5.32 Å². The molecule has 13 heavy (non-hydrogen) atoms. The van der Waals surface area contributed by atoms with Crippen molar-refractivity contribution in [1.29, 1.82) is 0 Å². The SMILES string of the molecule is CNC(=O)Nc1ncc(Cl)cc1C. The highest BCUT2D eigenvalue weighted by Crippen LogP contribution is 2.15. The number of halogens is 1. The molecule has 1 rings (SSSR count). The van der Waals surface area contributed by atoms with Gasteiger partial charge in [-0.2, -0.15) is 0 Å². The number of carbonyl (C=O) groups is 1. The lowest BCUT2D eigenvalue weighted by atomic mass is 10.3. The predicted molar refractivity (Wildman–Crippen MR) is 52.1 cm³/mol. The molecule has 0 bridgehead atoms. The first-order chi connectivity index (χ1) is 6.13. The molecule has 1 heterocycles. The minimum absolute atomic E-state index is 0.294. The Hall–Kier alpha value is -1.29. The van der Waals surface area contributed by atoms with E-state index in [1.165, 1.54) is 6.20 Å². The lowest BCUT2D eigenvalue weighted by Gasteiger charge is -2.05. The van der Waals surface area contributed by atoms with Gasteiger partial charge in [-0.3, -0.25) is 5.32 Å². The molecule has 0 aliphatic carbocycles. The van der Waals surface area contributed by atoms with Gasteiger partial charge in [-0.05, 0) is 18.6 Å². The fraction of sp³-hybridized carbons (Fsp3) is 0.250. The van der Waals surface area contributed by atoms with E-state index in [1.807, 2.05) is 6.92 Å². The summed E-state index contributed by atoms with van der Waals surface area (Å²) in [5, 5.41) is 5.56. The van der Waals surface area contributed by atoms with Crippen LogP contribution in [0.4, 0.5) is 10.6 Å². The van der Waals surface area contributed by atoms with E-state index in [2.05, 4.69) is 15.6 Å². The monoisotopic (exact) mass is 199 g/mol. The van der Waals surface area contributed by atoms with Gasteiger partial charge in [0.25, 0.3) is 0 Å². The van der Waals surface area contributed by atoms with Crippen molar-refractivity contribution in [3.05, 3.63) is 22.8 Å². The number of hydrogen-bond donors (Lipinski definition) is 2. The Labute approximate surface area is 81.3 Å².